The molecular weight excluding hydrogens is 412 g/mol. The second-order valence-corrected chi connectivity index (χ2v) is 7.61. The Morgan fingerprint density at radius 3 is 2.00 bits per heavy atom. The number of hydrogen-bond acceptors (Lipinski definition) is 3. The van der Waals surface area contributed by atoms with Crippen molar-refractivity contribution in [2.75, 3.05) is 6.61 Å². The van der Waals surface area contributed by atoms with Crippen molar-refractivity contribution < 1.29 is 31.1 Å². The summed E-state index contributed by atoms with van der Waals surface area (Å²) in [5.74, 6) is 0. The van der Waals surface area contributed by atoms with Gasteiger partial charge in [-0.3, -0.25) is 0 Å². The summed E-state index contributed by atoms with van der Waals surface area (Å²) in [7, 11) is 0. The minimum absolute atomic E-state index is 0.0434. The van der Waals surface area contributed by atoms with Gasteiger partial charge in [0.05, 0.1) is 29.9 Å². The predicted molar refractivity (Wildman–Crippen MR) is 97.8 cm³/mol. The monoisotopic (exact) mass is 431 g/mol. The average Bonchev–Trinajstić information content (AvgIpc) is 2.66. The fourth-order valence-corrected chi connectivity index (χ4v) is 3.74. The van der Waals surface area contributed by atoms with E-state index in [1.807, 2.05) is 30.3 Å². The van der Waals surface area contributed by atoms with Crippen LogP contribution in [0.5, 0.6) is 0 Å². The van der Waals surface area contributed by atoms with E-state index in [0.717, 1.165) is 5.56 Å². The first-order valence-corrected chi connectivity index (χ1v) is 9.23. The van der Waals surface area contributed by atoms with Crippen molar-refractivity contribution in [2.24, 2.45) is 5.18 Å². The van der Waals surface area contributed by atoms with Gasteiger partial charge in [-0.1, -0.05) is 35.5 Å². The van der Waals surface area contributed by atoms with Gasteiger partial charge in [-0.2, -0.15) is 31.2 Å². The summed E-state index contributed by atoms with van der Waals surface area (Å²) in [6.45, 7) is 1.45. The van der Waals surface area contributed by atoms with Crippen LogP contribution in [0, 0.1) is 4.91 Å². The van der Waals surface area contributed by atoms with Crippen molar-refractivity contribution in [3.63, 3.8) is 0 Å². The first-order valence-electron chi connectivity index (χ1n) is 9.23. The summed E-state index contributed by atoms with van der Waals surface area (Å²) in [5, 5.41) is 3.02. The summed E-state index contributed by atoms with van der Waals surface area (Å²) >= 11 is 0. The van der Waals surface area contributed by atoms with Crippen LogP contribution in [0.25, 0.3) is 0 Å². The Kier molecular flexibility index (Phi) is 5.95. The summed E-state index contributed by atoms with van der Waals surface area (Å²) in [4.78, 5) is 10.8. The van der Waals surface area contributed by atoms with E-state index in [0.29, 0.717) is 25.0 Å². The first kappa shape index (κ1) is 22.3. The lowest BCUT2D eigenvalue weighted by molar-refractivity contribution is -0.143. The minimum Gasteiger partial charge on any atom is -0.373 e. The number of nitrogens with zero attached hydrogens (tertiary/aromatic N) is 1. The van der Waals surface area contributed by atoms with Crippen LogP contribution in [0.4, 0.5) is 26.3 Å². The number of nitroso groups, excluding NO2 is 1. The van der Waals surface area contributed by atoms with Crippen molar-refractivity contribution >= 4 is 0 Å². The van der Waals surface area contributed by atoms with Gasteiger partial charge < -0.3 is 4.74 Å². The molecule has 1 saturated carbocycles. The molecule has 162 valence electrons. The van der Waals surface area contributed by atoms with Crippen LogP contribution in [0.15, 0.2) is 53.7 Å². The molecule has 0 unspecified atom stereocenters. The molecule has 1 atom stereocenters. The van der Waals surface area contributed by atoms with Crippen LogP contribution in [0.1, 0.15) is 48.1 Å². The minimum atomic E-state index is -4.92. The van der Waals surface area contributed by atoms with E-state index in [1.165, 1.54) is 6.92 Å². The summed E-state index contributed by atoms with van der Waals surface area (Å²) in [6, 6.07) is 10.2. The van der Waals surface area contributed by atoms with Crippen LogP contribution < -0.4 is 0 Å². The molecule has 30 heavy (non-hydrogen) atoms. The van der Waals surface area contributed by atoms with Crippen LogP contribution in [0.3, 0.4) is 0 Å². The Hall–Kier alpha value is -2.42. The van der Waals surface area contributed by atoms with Crippen molar-refractivity contribution in [1.29, 1.82) is 0 Å². The molecule has 2 aromatic carbocycles. The van der Waals surface area contributed by atoms with E-state index in [-0.39, 0.29) is 18.2 Å². The van der Waals surface area contributed by atoms with Gasteiger partial charge in [-0.25, -0.2) is 0 Å². The normalized spacial score (nSPS) is 23.0. The lowest BCUT2D eigenvalue weighted by Gasteiger charge is -2.45. The molecule has 0 heterocycles. The maximum atomic E-state index is 13.1. The molecule has 0 aromatic heterocycles. The Morgan fingerprint density at radius 2 is 1.53 bits per heavy atom. The third-order valence-corrected chi connectivity index (χ3v) is 5.48. The predicted octanol–water partition coefficient (Wildman–Crippen LogP) is 6.67. The standard InChI is InChI=1S/C21H19F6NO2/c1-13(14-7-16(20(22,23)24)9-17(8-14)21(25,26)27)30-12-19(10-18(11-19)28-29)15-5-3-2-4-6-15/h2-9,13,18H,10-12H2,1H3/t13-,18?,19?/m1/s1. The number of rotatable bonds is 6. The van der Waals surface area contributed by atoms with Gasteiger partial charge in [0.15, 0.2) is 0 Å². The third-order valence-electron chi connectivity index (χ3n) is 5.48. The second kappa shape index (κ2) is 8.02. The zero-order valence-electron chi connectivity index (χ0n) is 15.9. The molecule has 0 N–H and O–H groups in total. The number of hydrogen-bond donors (Lipinski definition) is 0. The van der Waals surface area contributed by atoms with Crippen molar-refractivity contribution in [3.8, 4) is 0 Å². The van der Waals surface area contributed by atoms with Gasteiger partial charge in [0.1, 0.15) is 0 Å². The molecule has 3 nitrogen and oxygen atoms in total. The van der Waals surface area contributed by atoms with Gasteiger partial charge in [-0.05, 0) is 49.1 Å². The van der Waals surface area contributed by atoms with Gasteiger partial charge in [0, 0.05) is 5.41 Å². The van der Waals surface area contributed by atoms with Crippen molar-refractivity contribution in [3.05, 3.63) is 75.7 Å². The average molecular weight is 431 g/mol. The highest BCUT2D eigenvalue weighted by Crippen LogP contribution is 2.46. The Labute approximate surface area is 169 Å². The highest BCUT2D eigenvalue weighted by molar-refractivity contribution is 5.35. The SMILES string of the molecule is C[C@@H](OCC1(c2ccccc2)CC(N=O)C1)c1cc(C(F)(F)F)cc(C(F)(F)F)c1. The first-order chi connectivity index (χ1) is 13.9. The Bertz CT molecular complexity index is 856. The van der Waals surface area contributed by atoms with Gasteiger partial charge in [-0.15, -0.1) is 0 Å². The topological polar surface area (TPSA) is 38.7 Å². The molecule has 1 aliphatic carbocycles. The molecule has 9 heteroatoms. The van der Waals surface area contributed by atoms with Crippen LogP contribution in [0.2, 0.25) is 0 Å². The van der Waals surface area contributed by atoms with Gasteiger partial charge in [0.2, 0.25) is 0 Å². The molecule has 0 aliphatic heterocycles. The molecular formula is C21H19F6NO2. The van der Waals surface area contributed by atoms with Gasteiger partial charge in [0.25, 0.3) is 0 Å². The largest absolute Gasteiger partial charge is 0.416 e. The zero-order valence-corrected chi connectivity index (χ0v) is 15.9. The lowest BCUT2D eigenvalue weighted by Crippen LogP contribution is -2.47. The van der Waals surface area contributed by atoms with Crippen molar-refractivity contribution in [2.45, 2.75) is 49.7 Å². The molecule has 1 aliphatic rings. The number of alkyl halides is 6. The van der Waals surface area contributed by atoms with E-state index >= 15 is 0 Å². The van der Waals surface area contributed by atoms with Gasteiger partial charge >= 0.3 is 12.4 Å². The maximum absolute atomic E-state index is 13.1. The highest BCUT2D eigenvalue weighted by atomic mass is 19.4. The molecule has 0 bridgehead atoms. The van der Waals surface area contributed by atoms with E-state index < -0.39 is 41.0 Å². The maximum Gasteiger partial charge on any atom is 0.416 e. The summed E-state index contributed by atoms with van der Waals surface area (Å²) in [6.07, 6.45) is -10.0. The fourth-order valence-electron chi connectivity index (χ4n) is 3.74. The number of ether oxygens (including phenoxy) is 1. The molecule has 3 rings (SSSR count). The summed E-state index contributed by atoms with van der Waals surface area (Å²) < 4.78 is 84.3. The molecule has 2 aromatic rings. The quantitative estimate of drug-likeness (QED) is 0.379. The van der Waals surface area contributed by atoms with Crippen LogP contribution >= 0.6 is 0 Å². The number of benzene rings is 2. The second-order valence-electron chi connectivity index (χ2n) is 7.61. The highest BCUT2D eigenvalue weighted by Gasteiger charge is 2.47. The third kappa shape index (κ3) is 4.66. The smallest absolute Gasteiger partial charge is 0.373 e. The molecule has 0 spiro atoms. The number of halogens is 6. The zero-order chi connectivity index (χ0) is 22.2. The molecule has 0 radical (unpaired) electrons. The van der Waals surface area contributed by atoms with E-state index in [1.54, 1.807) is 0 Å². The lowest BCUT2D eigenvalue weighted by atomic mass is 9.62. The molecule has 0 amide bonds. The summed E-state index contributed by atoms with van der Waals surface area (Å²) in [5.41, 5.74) is -2.64. The molecule has 0 saturated heterocycles. The van der Waals surface area contributed by atoms with E-state index in [4.69, 9.17) is 4.74 Å². The van der Waals surface area contributed by atoms with E-state index in [2.05, 4.69) is 5.18 Å². The van der Waals surface area contributed by atoms with Crippen LogP contribution in [-0.2, 0) is 22.5 Å². The Morgan fingerprint density at radius 1 is 1.00 bits per heavy atom. The van der Waals surface area contributed by atoms with E-state index in [9.17, 15) is 31.2 Å². The van der Waals surface area contributed by atoms with Crippen molar-refractivity contribution in [1.82, 2.24) is 0 Å². The Balaban J connectivity index is 1.84. The fraction of sp³-hybridized carbons (Fsp3) is 0.429. The molecule has 1 fully saturated rings. The van der Waals surface area contributed by atoms with Crippen LogP contribution in [-0.4, -0.2) is 12.6 Å².